The van der Waals surface area contributed by atoms with Crippen LogP contribution in [0, 0.1) is 6.92 Å². The highest BCUT2D eigenvalue weighted by Crippen LogP contribution is 2.15. The van der Waals surface area contributed by atoms with E-state index in [2.05, 4.69) is 35.8 Å². The number of carbonyl (C=O) groups is 1. The van der Waals surface area contributed by atoms with Gasteiger partial charge < -0.3 is 5.73 Å². The Balaban J connectivity index is 1.81. The number of hydrogen-bond acceptors (Lipinski definition) is 8. The molecule has 0 aliphatic carbocycles. The van der Waals surface area contributed by atoms with Gasteiger partial charge in [-0.3, -0.25) is 4.79 Å². The molecule has 11 heteroatoms. The summed E-state index contributed by atoms with van der Waals surface area (Å²) in [7, 11) is 0. The van der Waals surface area contributed by atoms with Crippen molar-refractivity contribution in [1.29, 1.82) is 0 Å². The lowest BCUT2D eigenvalue weighted by Crippen LogP contribution is -2.22. The minimum absolute atomic E-state index is 0.0172. The van der Waals surface area contributed by atoms with Gasteiger partial charge in [0.1, 0.15) is 0 Å². The van der Waals surface area contributed by atoms with Gasteiger partial charge >= 0.3 is 0 Å². The highest BCUT2D eigenvalue weighted by atomic mass is 35.5. The fourth-order valence-electron chi connectivity index (χ4n) is 1.91. The molecular weight excluding hydrogens is 336 g/mol. The molecule has 24 heavy (non-hydrogen) atoms. The van der Waals surface area contributed by atoms with Gasteiger partial charge in [-0.05, 0) is 34.9 Å². The lowest BCUT2D eigenvalue weighted by molar-refractivity contribution is 0.0946. The molecule has 0 saturated heterocycles. The predicted octanol–water partition coefficient (Wildman–Crippen LogP) is 0.958. The van der Waals surface area contributed by atoms with Crippen LogP contribution in [0.5, 0.6) is 0 Å². The van der Waals surface area contributed by atoms with E-state index in [-0.39, 0.29) is 17.3 Å². The molecule has 2 aromatic heterocycles. The lowest BCUT2D eigenvalue weighted by atomic mass is 10.2. The maximum Gasteiger partial charge on any atom is 0.292 e. The first-order chi connectivity index (χ1) is 11.6. The molecule has 3 rings (SSSR count). The van der Waals surface area contributed by atoms with Crippen molar-refractivity contribution in [2.24, 2.45) is 5.10 Å². The largest absolute Gasteiger partial charge is 0.378 e. The molecule has 0 bridgehead atoms. The summed E-state index contributed by atoms with van der Waals surface area (Å²) in [5.74, 6) is -0.492. The van der Waals surface area contributed by atoms with E-state index in [0.29, 0.717) is 10.7 Å². The molecular formula is C13H11ClN8O2. The zero-order valence-corrected chi connectivity index (χ0v) is 13.1. The molecule has 0 unspecified atom stereocenters. The number of anilines is 1. The van der Waals surface area contributed by atoms with Crippen LogP contribution in [0.2, 0.25) is 5.02 Å². The molecule has 3 aromatic rings. The van der Waals surface area contributed by atoms with Crippen molar-refractivity contribution in [1.82, 2.24) is 30.7 Å². The molecule has 2 heterocycles. The third-order valence-corrected chi connectivity index (χ3v) is 3.21. The van der Waals surface area contributed by atoms with Gasteiger partial charge in [-0.25, -0.2) is 10.1 Å². The van der Waals surface area contributed by atoms with E-state index in [1.165, 1.54) is 6.21 Å². The molecule has 1 aromatic carbocycles. The van der Waals surface area contributed by atoms with Gasteiger partial charge in [-0.1, -0.05) is 28.9 Å². The second-order valence-corrected chi connectivity index (χ2v) is 5.10. The first-order valence-corrected chi connectivity index (χ1v) is 7.03. The molecule has 0 aliphatic rings. The summed E-state index contributed by atoms with van der Waals surface area (Å²) in [6.07, 6.45) is 1.46. The number of halogens is 1. The molecule has 0 atom stereocenters. The normalized spacial score (nSPS) is 11.1. The number of rotatable bonds is 4. The van der Waals surface area contributed by atoms with Crippen LogP contribution in [-0.2, 0) is 0 Å². The molecule has 1 amide bonds. The summed E-state index contributed by atoms with van der Waals surface area (Å²) in [6, 6.07) is 7.01. The zero-order chi connectivity index (χ0) is 17.1. The Morgan fingerprint density at radius 2 is 2.29 bits per heavy atom. The van der Waals surface area contributed by atoms with E-state index in [1.54, 1.807) is 31.2 Å². The van der Waals surface area contributed by atoms with Gasteiger partial charge in [0.05, 0.1) is 11.9 Å². The first-order valence-electron chi connectivity index (χ1n) is 6.66. The Morgan fingerprint density at radius 3 is 3.00 bits per heavy atom. The van der Waals surface area contributed by atoms with Crippen LogP contribution in [0.1, 0.15) is 21.7 Å². The molecule has 0 aliphatic heterocycles. The number of carbonyl (C=O) groups excluding carboxylic acids is 1. The second kappa shape index (κ2) is 6.46. The SMILES string of the molecule is Cc1nnn(-c2nonc2N)c1C(=O)N/N=C\c1cccc(Cl)c1. The Hall–Kier alpha value is -3.27. The number of aromatic nitrogens is 5. The summed E-state index contributed by atoms with van der Waals surface area (Å²) in [5.41, 5.74) is 9.21. The molecule has 0 radical (unpaired) electrons. The van der Waals surface area contributed by atoms with Crippen molar-refractivity contribution in [2.75, 3.05) is 5.73 Å². The molecule has 0 spiro atoms. The molecule has 0 saturated carbocycles. The number of amides is 1. The van der Waals surface area contributed by atoms with E-state index in [9.17, 15) is 4.79 Å². The number of hydrogen-bond donors (Lipinski definition) is 2. The molecule has 0 fully saturated rings. The fraction of sp³-hybridized carbons (Fsp3) is 0.0769. The minimum Gasteiger partial charge on any atom is -0.378 e. The van der Waals surface area contributed by atoms with Gasteiger partial charge in [0.25, 0.3) is 5.91 Å². The average Bonchev–Trinajstić information content (AvgIpc) is 3.12. The van der Waals surface area contributed by atoms with Crippen LogP contribution in [0.4, 0.5) is 5.82 Å². The quantitative estimate of drug-likeness (QED) is 0.530. The van der Waals surface area contributed by atoms with Crippen molar-refractivity contribution in [3.8, 4) is 5.82 Å². The van der Waals surface area contributed by atoms with E-state index in [4.69, 9.17) is 17.3 Å². The Labute approximate surface area is 140 Å². The first kappa shape index (κ1) is 15.6. The van der Waals surface area contributed by atoms with Crippen molar-refractivity contribution in [3.63, 3.8) is 0 Å². The second-order valence-electron chi connectivity index (χ2n) is 4.66. The number of benzene rings is 1. The van der Waals surface area contributed by atoms with Crippen LogP contribution in [0.3, 0.4) is 0 Å². The van der Waals surface area contributed by atoms with Gasteiger partial charge in [0, 0.05) is 5.02 Å². The highest BCUT2D eigenvalue weighted by molar-refractivity contribution is 6.30. The molecule has 3 N–H and O–H groups in total. The zero-order valence-electron chi connectivity index (χ0n) is 12.3. The number of aryl methyl sites for hydroxylation is 1. The van der Waals surface area contributed by atoms with Crippen LogP contribution in [-0.4, -0.2) is 37.4 Å². The Bertz CT molecular complexity index is 916. The summed E-state index contributed by atoms with van der Waals surface area (Å²) in [6.45, 7) is 1.61. The van der Waals surface area contributed by atoms with Gasteiger partial charge in [0.15, 0.2) is 5.69 Å². The van der Waals surface area contributed by atoms with Crippen molar-refractivity contribution in [2.45, 2.75) is 6.92 Å². The predicted molar refractivity (Wildman–Crippen MR) is 84.9 cm³/mol. The Morgan fingerprint density at radius 1 is 1.46 bits per heavy atom. The molecule has 10 nitrogen and oxygen atoms in total. The highest BCUT2D eigenvalue weighted by Gasteiger charge is 2.22. The van der Waals surface area contributed by atoms with E-state index >= 15 is 0 Å². The summed E-state index contributed by atoms with van der Waals surface area (Å²) < 4.78 is 5.64. The number of nitrogen functional groups attached to an aromatic ring is 1. The summed E-state index contributed by atoms with van der Waals surface area (Å²) >= 11 is 5.88. The van der Waals surface area contributed by atoms with Crippen LogP contribution < -0.4 is 11.2 Å². The summed E-state index contributed by atoms with van der Waals surface area (Å²) in [5, 5.41) is 19.1. The lowest BCUT2D eigenvalue weighted by Gasteiger charge is -2.02. The minimum atomic E-state index is -0.543. The smallest absolute Gasteiger partial charge is 0.292 e. The maximum atomic E-state index is 12.3. The Kier molecular flexibility index (Phi) is 4.20. The number of nitrogens with two attached hydrogens (primary N) is 1. The number of nitrogens with zero attached hydrogens (tertiary/aromatic N) is 6. The number of hydrazone groups is 1. The van der Waals surface area contributed by atoms with Crippen LogP contribution in [0.15, 0.2) is 34.0 Å². The third kappa shape index (κ3) is 3.08. The molecule has 122 valence electrons. The average molecular weight is 347 g/mol. The van der Waals surface area contributed by atoms with Gasteiger partial charge in [-0.15, -0.1) is 5.10 Å². The third-order valence-electron chi connectivity index (χ3n) is 2.98. The van der Waals surface area contributed by atoms with Crippen LogP contribution in [0.25, 0.3) is 5.82 Å². The monoisotopic (exact) mass is 346 g/mol. The maximum absolute atomic E-state index is 12.3. The fourth-order valence-corrected chi connectivity index (χ4v) is 2.11. The van der Waals surface area contributed by atoms with Crippen molar-refractivity contribution in [3.05, 3.63) is 46.2 Å². The topological polar surface area (TPSA) is 137 Å². The van der Waals surface area contributed by atoms with Crippen LogP contribution >= 0.6 is 11.6 Å². The van der Waals surface area contributed by atoms with E-state index < -0.39 is 5.91 Å². The van der Waals surface area contributed by atoms with Crippen molar-refractivity contribution >= 4 is 29.5 Å². The van der Waals surface area contributed by atoms with Gasteiger partial charge in [0.2, 0.25) is 11.6 Å². The van der Waals surface area contributed by atoms with E-state index in [0.717, 1.165) is 10.2 Å². The standard InChI is InChI=1S/C13H11ClN8O2/c1-7-10(22(21-17-7)12-11(15)19-24-20-12)13(23)18-16-6-8-3-2-4-9(14)5-8/h2-6H,1H3,(H2,15,19)(H,18,23)/b16-6-. The van der Waals surface area contributed by atoms with E-state index in [1.807, 2.05) is 0 Å². The van der Waals surface area contributed by atoms with Crippen molar-refractivity contribution < 1.29 is 9.42 Å². The summed E-state index contributed by atoms with van der Waals surface area (Å²) in [4.78, 5) is 12.3. The number of nitrogens with one attached hydrogen (secondary N) is 1. The van der Waals surface area contributed by atoms with Gasteiger partial charge in [-0.2, -0.15) is 9.78 Å².